The highest BCUT2D eigenvalue weighted by molar-refractivity contribution is 6.03. The second-order valence-electron chi connectivity index (χ2n) is 7.35. The van der Waals surface area contributed by atoms with Crippen molar-refractivity contribution in [3.05, 3.63) is 70.6 Å². The number of hydrogen-bond donors (Lipinski definition) is 0. The zero-order valence-corrected chi connectivity index (χ0v) is 17.9. The molecule has 0 bridgehead atoms. The number of para-hydroxylation sites is 1. The molecule has 0 spiro atoms. The Morgan fingerprint density at radius 3 is 2.35 bits per heavy atom. The molecule has 0 aliphatic rings. The monoisotopic (exact) mass is 421 g/mol. The SMILES string of the molecule is CCCCCCn1nc(C(=O)OCC(=O)N(C)c2ccccc2)c2ccccc2c1=O. The molecule has 2 aromatic carbocycles. The predicted octanol–water partition coefficient (Wildman–Crippen LogP) is 3.80. The van der Waals surface area contributed by atoms with Gasteiger partial charge in [0, 0.05) is 24.7 Å². The van der Waals surface area contributed by atoms with E-state index in [2.05, 4.69) is 12.0 Å². The van der Waals surface area contributed by atoms with Gasteiger partial charge in [0.25, 0.3) is 11.5 Å². The van der Waals surface area contributed by atoms with Crippen LogP contribution < -0.4 is 10.5 Å². The lowest BCUT2D eigenvalue weighted by Crippen LogP contribution is -2.32. The Labute approximate surface area is 181 Å². The van der Waals surface area contributed by atoms with E-state index in [0.717, 1.165) is 25.7 Å². The summed E-state index contributed by atoms with van der Waals surface area (Å²) in [6.07, 6.45) is 3.95. The number of carbonyl (C=O) groups excluding carboxylic acids is 2. The van der Waals surface area contributed by atoms with E-state index in [1.165, 1.54) is 9.58 Å². The van der Waals surface area contributed by atoms with E-state index in [1.807, 2.05) is 18.2 Å². The van der Waals surface area contributed by atoms with Gasteiger partial charge >= 0.3 is 5.97 Å². The number of anilines is 1. The van der Waals surface area contributed by atoms with Crippen LogP contribution in [0.3, 0.4) is 0 Å². The number of amides is 1. The second-order valence-corrected chi connectivity index (χ2v) is 7.35. The van der Waals surface area contributed by atoms with Crippen molar-refractivity contribution in [2.75, 3.05) is 18.6 Å². The fourth-order valence-electron chi connectivity index (χ4n) is 3.31. The number of esters is 1. The summed E-state index contributed by atoms with van der Waals surface area (Å²) < 4.78 is 6.60. The fraction of sp³-hybridized carbons (Fsp3) is 0.333. The molecule has 1 aromatic heterocycles. The Morgan fingerprint density at radius 2 is 1.65 bits per heavy atom. The second kappa shape index (κ2) is 10.5. The van der Waals surface area contributed by atoms with Crippen LogP contribution in [0.15, 0.2) is 59.4 Å². The molecule has 3 rings (SSSR count). The summed E-state index contributed by atoms with van der Waals surface area (Å²) in [4.78, 5) is 39.4. The minimum atomic E-state index is -0.728. The maximum absolute atomic E-state index is 12.8. The standard InChI is InChI=1S/C24H27N3O4/c1-3-4-5-11-16-27-23(29)20-15-10-9-14-19(20)22(25-27)24(30)31-17-21(28)26(2)18-12-7-6-8-13-18/h6-10,12-15H,3-5,11,16-17H2,1-2H3. The molecule has 0 aliphatic carbocycles. The van der Waals surface area contributed by atoms with E-state index in [-0.39, 0.29) is 17.2 Å². The Morgan fingerprint density at radius 1 is 0.968 bits per heavy atom. The van der Waals surface area contributed by atoms with Crippen LogP contribution in [0.2, 0.25) is 0 Å². The Bertz CT molecular complexity index is 1110. The molecule has 1 heterocycles. The molecule has 0 fully saturated rings. The number of aromatic nitrogens is 2. The molecule has 3 aromatic rings. The number of hydrogen-bond acceptors (Lipinski definition) is 5. The predicted molar refractivity (Wildman–Crippen MR) is 120 cm³/mol. The molecule has 0 N–H and O–H groups in total. The van der Waals surface area contributed by atoms with Crippen LogP contribution in [0.5, 0.6) is 0 Å². The molecular formula is C24H27N3O4. The van der Waals surface area contributed by atoms with Gasteiger partial charge < -0.3 is 9.64 Å². The van der Waals surface area contributed by atoms with Crippen LogP contribution in [0.1, 0.15) is 43.1 Å². The number of carbonyl (C=O) groups is 2. The van der Waals surface area contributed by atoms with Gasteiger partial charge in [0.05, 0.1) is 5.39 Å². The first-order chi connectivity index (χ1) is 15.0. The largest absolute Gasteiger partial charge is 0.451 e. The third-order valence-electron chi connectivity index (χ3n) is 5.13. The van der Waals surface area contributed by atoms with Crippen LogP contribution in [-0.4, -0.2) is 35.3 Å². The number of aryl methyl sites for hydroxylation is 1. The first-order valence-electron chi connectivity index (χ1n) is 10.5. The van der Waals surface area contributed by atoms with E-state index in [1.54, 1.807) is 43.4 Å². The van der Waals surface area contributed by atoms with Crippen molar-refractivity contribution in [3.63, 3.8) is 0 Å². The Balaban J connectivity index is 1.78. The topological polar surface area (TPSA) is 81.5 Å². The van der Waals surface area contributed by atoms with Crippen molar-refractivity contribution in [1.29, 1.82) is 0 Å². The van der Waals surface area contributed by atoms with Crippen LogP contribution >= 0.6 is 0 Å². The summed E-state index contributed by atoms with van der Waals surface area (Å²) in [6, 6.07) is 15.9. The normalized spacial score (nSPS) is 10.8. The van der Waals surface area contributed by atoms with Crippen molar-refractivity contribution in [2.24, 2.45) is 0 Å². The van der Waals surface area contributed by atoms with Crippen molar-refractivity contribution in [1.82, 2.24) is 9.78 Å². The lowest BCUT2D eigenvalue weighted by atomic mass is 10.1. The number of likely N-dealkylation sites (N-methyl/N-ethyl adjacent to an activating group) is 1. The number of fused-ring (bicyclic) bond motifs is 1. The lowest BCUT2D eigenvalue weighted by molar-refractivity contribution is -0.121. The van der Waals surface area contributed by atoms with E-state index in [0.29, 0.717) is 23.0 Å². The van der Waals surface area contributed by atoms with Crippen molar-refractivity contribution in [3.8, 4) is 0 Å². The third kappa shape index (κ3) is 5.36. The fourth-order valence-corrected chi connectivity index (χ4v) is 3.31. The highest BCUT2D eigenvalue weighted by Gasteiger charge is 2.20. The Hall–Kier alpha value is -3.48. The molecule has 1 amide bonds. The average molecular weight is 421 g/mol. The van der Waals surface area contributed by atoms with Gasteiger partial charge in [-0.05, 0) is 24.6 Å². The summed E-state index contributed by atoms with van der Waals surface area (Å²) in [6.45, 7) is 2.13. The highest BCUT2D eigenvalue weighted by Crippen LogP contribution is 2.16. The quantitative estimate of drug-likeness (QED) is 0.388. The smallest absolute Gasteiger partial charge is 0.359 e. The van der Waals surface area contributed by atoms with E-state index in [4.69, 9.17) is 4.74 Å². The molecule has 0 saturated heterocycles. The summed E-state index contributed by atoms with van der Waals surface area (Å²) in [7, 11) is 1.62. The highest BCUT2D eigenvalue weighted by atomic mass is 16.5. The summed E-state index contributed by atoms with van der Waals surface area (Å²) >= 11 is 0. The Kier molecular flexibility index (Phi) is 7.54. The van der Waals surface area contributed by atoms with Crippen molar-refractivity contribution < 1.29 is 14.3 Å². The number of benzene rings is 2. The van der Waals surface area contributed by atoms with Crippen LogP contribution in [0.25, 0.3) is 10.8 Å². The average Bonchev–Trinajstić information content (AvgIpc) is 2.81. The molecule has 0 unspecified atom stereocenters. The van der Waals surface area contributed by atoms with Gasteiger partial charge in [0.15, 0.2) is 12.3 Å². The molecular weight excluding hydrogens is 394 g/mol. The molecule has 0 radical (unpaired) electrons. The number of rotatable bonds is 9. The van der Waals surface area contributed by atoms with Gasteiger partial charge in [-0.2, -0.15) is 5.10 Å². The van der Waals surface area contributed by atoms with E-state index < -0.39 is 12.6 Å². The van der Waals surface area contributed by atoms with Crippen LogP contribution in [0.4, 0.5) is 5.69 Å². The maximum Gasteiger partial charge on any atom is 0.359 e. The maximum atomic E-state index is 12.8. The zero-order chi connectivity index (χ0) is 22.2. The van der Waals surface area contributed by atoms with Gasteiger partial charge in [-0.3, -0.25) is 9.59 Å². The van der Waals surface area contributed by atoms with Crippen LogP contribution in [0, 0.1) is 0 Å². The van der Waals surface area contributed by atoms with E-state index >= 15 is 0 Å². The first kappa shape index (κ1) is 22.2. The lowest BCUT2D eigenvalue weighted by Gasteiger charge is -2.17. The number of nitrogens with zero attached hydrogens (tertiary/aromatic N) is 3. The summed E-state index contributed by atoms with van der Waals surface area (Å²) in [5, 5.41) is 5.12. The molecule has 7 heteroatoms. The number of unbranched alkanes of at least 4 members (excludes halogenated alkanes) is 3. The molecule has 0 atom stereocenters. The van der Waals surface area contributed by atoms with Gasteiger partial charge in [0.1, 0.15) is 0 Å². The molecule has 0 aliphatic heterocycles. The van der Waals surface area contributed by atoms with Gasteiger partial charge in [-0.15, -0.1) is 0 Å². The minimum Gasteiger partial charge on any atom is -0.451 e. The molecule has 162 valence electrons. The summed E-state index contributed by atoms with van der Waals surface area (Å²) in [5.41, 5.74) is 0.511. The molecule has 31 heavy (non-hydrogen) atoms. The van der Waals surface area contributed by atoms with Crippen molar-refractivity contribution in [2.45, 2.75) is 39.2 Å². The summed E-state index contributed by atoms with van der Waals surface area (Å²) in [5.74, 6) is -1.09. The van der Waals surface area contributed by atoms with Crippen molar-refractivity contribution >= 4 is 28.3 Å². The molecule has 7 nitrogen and oxygen atoms in total. The first-order valence-corrected chi connectivity index (χ1v) is 10.5. The van der Waals surface area contributed by atoms with Gasteiger partial charge in [0.2, 0.25) is 0 Å². The molecule has 0 saturated carbocycles. The number of ether oxygens (including phenoxy) is 1. The van der Waals surface area contributed by atoms with Gasteiger partial charge in [-0.1, -0.05) is 62.6 Å². The van der Waals surface area contributed by atoms with Gasteiger partial charge in [-0.25, -0.2) is 9.48 Å². The minimum absolute atomic E-state index is 0.0425. The van der Waals surface area contributed by atoms with E-state index in [9.17, 15) is 14.4 Å². The third-order valence-corrected chi connectivity index (χ3v) is 5.13. The van der Waals surface area contributed by atoms with Crippen LogP contribution in [-0.2, 0) is 16.1 Å². The zero-order valence-electron chi connectivity index (χ0n) is 17.9.